The maximum Gasteiger partial charge on any atom is 0.256 e. The number of hydrogen-bond donors (Lipinski definition) is 1. The summed E-state index contributed by atoms with van der Waals surface area (Å²) in [5.41, 5.74) is 7.48. The number of amides is 1. The molecule has 0 unspecified atom stereocenters. The fourth-order valence-corrected chi connectivity index (χ4v) is 3.38. The molecule has 1 N–H and O–H groups in total. The minimum absolute atomic E-state index is 0.0818. The van der Waals surface area contributed by atoms with Gasteiger partial charge in [0.1, 0.15) is 5.65 Å². The Hall–Kier alpha value is -3.40. The third kappa shape index (κ3) is 3.22. The first-order chi connectivity index (χ1) is 13.0. The molecule has 4 heteroatoms. The Morgan fingerprint density at radius 2 is 1.56 bits per heavy atom. The molecule has 0 radical (unpaired) electrons. The van der Waals surface area contributed by atoms with Crippen molar-refractivity contribution in [2.45, 2.75) is 20.8 Å². The molecule has 2 aromatic heterocycles. The molecule has 134 valence electrons. The summed E-state index contributed by atoms with van der Waals surface area (Å²) in [6.45, 7) is 5.96. The first-order valence-electron chi connectivity index (χ1n) is 8.95. The van der Waals surface area contributed by atoms with Gasteiger partial charge in [0.05, 0.1) is 5.69 Å². The van der Waals surface area contributed by atoms with Crippen molar-refractivity contribution in [1.82, 2.24) is 9.38 Å². The zero-order valence-electron chi connectivity index (χ0n) is 15.7. The van der Waals surface area contributed by atoms with Crippen molar-refractivity contribution in [3.63, 3.8) is 0 Å². The molecule has 0 atom stereocenters. The van der Waals surface area contributed by atoms with Crippen LogP contribution < -0.4 is 5.32 Å². The summed E-state index contributed by atoms with van der Waals surface area (Å²) in [5, 5.41) is 2.99. The van der Waals surface area contributed by atoms with Gasteiger partial charge in [0.15, 0.2) is 0 Å². The van der Waals surface area contributed by atoms with Crippen LogP contribution in [0.4, 0.5) is 5.69 Å². The van der Waals surface area contributed by atoms with E-state index in [1.807, 2.05) is 79.2 Å². The molecule has 0 saturated carbocycles. The average molecular weight is 355 g/mol. The third-order valence-corrected chi connectivity index (χ3v) is 4.82. The van der Waals surface area contributed by atoms with Crippen molar-refractivity contribution >= 4 is 17.2 Å². The van der Waals surface area contributed by atoms with E-state index >= 15 is 0 Å². The summed E-state index contributed by atoms with van der Waals surface area (Å²) >= 11 is 0. The lowest BCUT2D eigenvalue weighted by molar-refractivity contribution is 0.102. The highest BCUT2D eigenvalue weighted by Crippen LogP contribution is 2.23. The lowest BCUT2D eigenvalue weighted by atomic mass is 10.0. The Morgan fingerprint density at radius 3 is 2.22 bits per heavy atom. The van der Waals surface area contributed by atoms with Crippen LogP contribution in [-0.4, -0.2) is 15.3 Å². The highest BCUT2D eigenvalue weighted by atomic mass is 16.1. The van der Waals surface area contributed by atoms with E-state index in [9.17, 15) is 4.79 Å². The number of fused-ring (bicyclic) bond motifs is 1. The molecule has 0 spiro atoms. The lowest BCUT2D eigenvalue weighted by Crippen LogP contribution is -2.14. The van der Waals surface area contributed by atoms with Gasteiger partial charge in [-0.15, -0.1) is 0 Å². The average Bonchev–Trinajstić information content (AvgIpc) is 3.08. The normalized spacial score (nSPS) is 10.9. The van der Waals surface area contributed by atoms with Crippen LogP contribution in [0.15, 0.2) is 67.0 Å². The van der Waals surface area contributed by atoms with Crippen LogP contribution in [0.1, 0.15) is 27.0 Å². The first kappa shape index (κ1) is 17.0. The van der Waals surface area contributed by atoms with Gasteiger partial charge in [-0.1, -0.05) is 36.4 Å². The summed E-state index contributed by atoms with van der Waals surface area (Å²) < 4.78 is 2.03. The lowest BCUT2D eigenvalue weighted by Gasteiger charge is -2.10. The van der Waals surface area contributed by atoms with Crippen LogP contribution in [0.25, 0.3) is 16.9 Å². The van der Waals surface area contributed by atoms with Gasteiger partial charge in [0.25, 0.3) is 5.91 Å². The molecule has 2 heterocycles. The van der Waals surface area contributed by atoms with Gasteiger partial charge in [0, 0.05) is 29.2 Å². The number of benzene rings is 2. The zero-order valence-corrected chi connectivity index (χ0v) is 15.7. The van der Waals surface area contributed by atoms with Gasteiger partial charge < -0.3 is 9.72 Å². The number of anilines is 1. The van der Waals surface area contributed by atoms with Crippen LogP contribution in [-0.2, 0) is 0 Å². The maximum atomic E-state index is 12.6. The number of hydrogen-bond acceptors (Lipinski definition) is 2. The molecule has 0 aliphatic heterocycles. The fourth-order valence-electron chi connectivity index (χ4n) is 3.38. The molecule has 2 aromatic carbocycles. The van der Waals surface area contributed by atoms with E-state index in [-0.39, 0.29) is 5.91 Å². The van der Waals surface area contributed by atoms with E-state index in [1.54, 1.807) is 0 Å². The predicted molar refractivity (Wildman–Crippen MR) is 109 cm³/mol. The van der Waals surface area contributed by atoms with E-state index < -0.39 is 0 Å². The molecule has 4 aromatic rings. The van der Waals surface area contributed by atoms with Gasteiger partial charge in [-0.05, 0) is 55.7 Å². The second-order valence-electron chi connectivity index (χ2n) is 6.85. The minimum atomic E-state index is -0.0818. The van der Waals surface area contributed by atoms with E-state index in [2.05, 4.69) is 18.3 Å². The van der Waals surface area contributed by atoms with Gasteiger partial charge in [-0.2, -0.15) is 0 Å². The Balaban J connectivity index is 1.58. The Bertz CT molecular complexity index is 1120. The second-order valence-corrected chi connectivity index (χ2v) is 6.85. The molecule has 0 fully saturated rings. The molecule has 4 nitrogen and oxygen atoms in total. The van der Waals surface area contributed by atoms with Crippen molar-refractivity contribution in [3.05, 3.63) is 89.2 Å². The van der Waals surface area contributed by atoms with Gasteiger partial charge in [-0.25, -0.2) is 4.98 Å². The number of nitrogens with one attached hydrogen (secondary N) is 1. The van der Waals surface area contributed by atoms with Crippen LogP contribution in [0, 0.1) is 20.8 Å². The molecule has 0 aliphatic carbocycles. The Kier molecular flexibility index (Phi) is 4.24. The van der Waals surface area contributed by atoms with Gasteiger partial charge >= 0.3 is 0 Å². The van der Waals surface area contributed by atoms with E-state index in [4.69, 9.17) is 4.98 Å². The van der Waals surface area contributed by atoms with Crippen molar-refractivity contribution in [2.24, 2.45) is 0 Å². The Morgan fingerprint density at radius 1 is 0.889 bits per heavy atom. The molecule has 0 saturated heterocycles. The number of imidazole rings is 1. The zero-order chi connectivity index (χ0) is 19.0. The first-order valence-corrected chi connectivity index (χ1v) is 8.95. The third-order valence-electron chi connectivity index (χ3n) is 4.82. The highest BCUT2D eigenvalue weighted by Gasteiger charge is 2.12. The van der Waals surface area contributed by atoms with Gasteiger partial charge in [-0.3, -0.25) is 4.79 Å². The van der Waals surface area contributed by atoms with E-state index in [0.29, 0.717) is 0 Å². The molecular formula is C23H21N3O. The molecule has 1 amide bonds. The number of carbonyl (C=O) groups is 1. The summed E-state index contributed by atoms with van der Waals surface area (Å²) in [6.07, 6.45) is 4.02. The number of aryl methyl sites for hydroxylation is 3. The smallest absolute Gasteiger partial charge is 0.256 e. The molecule has 27 heavy (non-hydrogen) atoms. The number of rotatable bonds is 3. The van der Waals surface area contributed by atoms with Crippen LogP contribution in [0.3, 0.4) is 0 Å². The molecule has 0 bridgehead atoms. The summed E-state index contributed by atoms with van der Waals surface area (Å²) in [4.78, 5) is 17.4. The second kappa shape index (κ2) is 6.72. The number of pyridine rings is 1. The summed E-state index contributed by atoms with van der Waals surface area (Å²) in [5.74, 6) is -0.0818. The largest absolute Gasteiger partial charge is 0.322 e. The van der Waals surface area contributed by atoms with Crippen molar-refractivity contribution in [2.75, 3.05) is 5.32 Å². The van der Waals surface area contributed by atoms with E-state index in [1.165, 1.54) is 0 Å². The van der Waals surface area contributed by atoms with Gasteiger partial charge in [0.2, 0.25) is 0 Å². The quantitative estimate of drug-likeness (QED) is 0.550. The fraction of sp³-hybridized carbons (Fsp3) is 0.130. The SMILES string of the molecule is Cc1cccc(C)c1C(=O)Nc1ccc(-c2cn3cccc(C)c3n2)cc1. The number of aromatic nitrogens is 2. The predicted octanol–water partition coefficient (Wildman–Crippen LogP) is 5.18. The molecule has 4 rings (SSSR count). The summed E-state index contributed by atoms with van der Waals surface area (Å²) in [6, 6.07) is 17.7. The van der Waals surface area contributed by atoms with Crippen molar-refractivity contribution in [3.8, 4) is 11.3 Å². The summed E-state index contributed by atoms with van der Waals surface area (Å²) in [7, 11) is 0. The Labute approximate surface area is 158 Å². The molecule has 0 aliphatic rings. The van der Waals surface area contributed by atoms with Crippen molar-refractivity contribution in [1.29, 1.82) is 0 Å². The number of nitrogens with zero attached hydrogens (tertiary/aromatic N) is 2. The highest BCUT2D eigenvalue weighted by molar-refractivity contribution is 6.06. The van der Waals surface area contributed by atoms with Crippen molar-refractivity contribution < 1.29 is 4.79 Å². The monoisotopic (exact) mass is 355 g/mol. The van der Waals surface area contributed by atoms with E-state index in [0.717, 1.165) is 44.8 Å². The van der Waals surface area contributed by atoms with Crippen LogP contribution in [0.2, 0.25) is 0 Å². The minimum Gasteiger partial charge on any atom is -0.322 e. The van der Waals surface area contributed by atoms with Crippen LogP contribution >= 0.6 is 0 Å². The maximum absolute atomic E-state index is 12.6. The number of carbonyl (C=O) groups excluding carboxylic acids is 1. The van der Waals surface area contributed by atoms with Crippen LogP contribution in [0.5, 0.6) is 0 Å². The topological polar surface area (TPSA) is 46.4 Å². The standard InChI is InChI=1S/C23H21N3O/c1-15-6-4-7-16(2)21(15)23(27)24-19-11-9-18(10-12-19)20-14-26-13-5-8-17(3)22(26)25-20/h4-14H,1-3H3,(H,24,27). The molecular weight excluding hydrogens is 334 g/mol.